The average molecular weight is 689 g/mol. The second kappa shape index (κ2) is 16.5. The minimum absolute atomic E-state index is 0.157. The van der Waals surface area contributed by atoms with Gasteiger partial charge in [0.1, 0.15) is 11.5 Å². The van der Waals surface area contributed by atoms with Crippen LogP contribution in [0.4, 0.5) is 26.3 Å². The van der Waals surface area contributed by atoms with Gasteiger partial charge in [0.15, 0.2) is 12.2 Å². The van der Waals surface area contributed by atoms with E-state index in [9.17, 15) is 26.3 Å². The van der Waals surface area contributed by atoms with Gasteiger partial charge in [0.05, 0.1) is 14.2 Å². The number of alkyl halides is 6. The highest BCUT2D eigenvalue weighted by molar-refractivity contribution is 9.10. The van der Waals surface area contributed by atoms with Crippen LogP contribution in [0.15, 0.2) is 102 Å². The average Bonchev–Trinajstić information content (AvgIpc) is 3.00. The fraction of sp³-hybridized carbons (Fsp3) is 0.200. The maximum Gasteiger partial charge on any atom is 0.488 e. The lowest BCUT2D eigenvalue weighted by atomic mass is 9.80. The third-order valence-corrected chi connectivity index (χ3v) is 6.36. The van der Waals surface area contributed by atoms with E-state index >= 15 is 0 Å². The van der Waals surface area contributed by atoms with Gasteiger partial charge in [-0.15, -0.1) is 0 Å². The molecule has 2 atom stereocenters. The zero-order valence-corrected chi connectivity index (χ0v) is 24.8. The standard InChI is InChI=1S/C15H13F3O2.C8H6BrF3O.C7H9BO3/c1-20-13-4-2-3-12(9-13)10-5-7-11(8-6-10)14(19)15(16,17)18;9-6-3-1-5(2-4-6)7(13)8(10,11)12;1-11-7-4-2-3-6(5-7)8(9)10/h2-9,14,19H,1H3;1-4,7,13H;2-5,9-10H,1H3/t14-;7-;/m11./s1. The number of ether oxygens (including phenoxy) is 2. The molecule has 0 radical (unpaired) electrons. The molecule has 0 saturated carbocycles. The molecule has 236 valence electrons. The molecule has 0 saturated heterocycles. The first-order chi connectivity index (χ1) is 20.6. The van der Waals surface area contributed by atoms with Crippen molar-refractivity contribution in [2.24, 2.45) is 0 Å². The second-order valence-electron chi connectivity index (χ2n) is 8.94. The summed E-state index contributed by atoms with van der Waals surface area (Å²) in [6.07, 6.45) is -14.1. The van der Waals surface area contributed by atoms with Gasteiger partial charge in [-0.25, -0.2) is 0 Å². The Hall–Kier alpha value is -3.56. The lowest BCUT2D eigenvalue weighted by Crippen LogP contribution is -2.29. The van der Waals surface area contributed by atoms with Crippen molar-refractivity contribution in [3.05, 3.63) is 113 Å². The van der Waals surface area contributed by atoms with E-state index in [0.717, 1.165) is 11.1 Å². The molecule has 4 N–H and O–H groups in total. The molecule has 14 heteroatoms. The molecule has 4 aromatic carbocycles. The van der Waals surface area contributed by atoms with Gasteiger partial charge in [0, 0.05) is 4.47 Å². The summed E-state index contributed by atoms with van der Waals surface area (Å²) < 4.78 is 83.7. The van der Waals surface area contributed by atoms with Crippen molar-refractivity contribution >= 4 is 28.5 Å². The Balaban J connectivity index is 0.000000244. The molecule has 0 spiro atoms. The van der Waals surface area contributed by atoms with Gasteiger partial charge in [-0.2, -0.15) is 26.3 Å². The van der Waals surface area contributed by atoms with Crippen LogP contribution in [-0.4, -0.2) is 54.0 Å². The highest BCUT2D eigenvalue weighted by Gasteiger charge is 2.40. The van der Waals surface area contributed by atoms with E-state index in [1.807, 2.05) is 6.07 Å². The number of aliphatic hydroxyl groups is 2. The van der Waals surface area contributed by atoms with E-state index < -0.39 is 31.7 Å². The van der Waals surface area contributed by atoms with Gasteiger partial charge in [0.25, 0.3) is 0 Å². The van der Waals surface area contributed by atoms with Gasteiger partial charge in [-0.05, 0) is 64.1 Å². The first-order valence-corrected chi connectivity index (χ1v) is 13.4. The Kier molecular flexibility index (Phi) is 13.7. The van der Waals surface area contributed by atoms with E-state index in [4.69, 9.17) is 29.7 Å². The normalized spacial score (nSPS) is 12.5. The van der Waals surface area contributed by atoms with E-state index in [2.05, 4.69) is 15.9 Å². The number of benzene rings is 4. The van der Waals surface area contributed by atoms with Crippen molar-refractivity contribution in [2.45, 2.75) is 24.6 Å². The van der Waals surface area contributed by atoms with Crippen LogP contribution in [0, 0.1) is 0 Å². The summed E-state index contributed by atoms with van der Waals surface area (Å²) in [7, 11) is 1.65. The first-order valence-electron chi connectivity index (χ1n) is 12.6. The summed E-state index contributed by atoms with van der Waals surface area (Å²) in [6.45, 7) is 0. The lowest BCUT2D eigenvalue weighted by Gasteiger charge is -2.15. The Morgan fingerprint density at radius 3 is 1.48 bits per heavy atom. The predicted molar refractivity (Wildman–Crippen MR) is 157 cm³/mol. The van der Waals surface area contributed by atoms with E-state index in [1.54, 1.807) is 61.7 Å². The fourth-order valence-corrected chi connectivity index (χ4v) is 3.75. The minimum Gasteiger partial charge on any atom is -0.497 e. The van der Waals surface area contributed by atoms with Gasteiger partial charge in [0.2, 0.25) is 0 Å². The number of rotatable bonds is 6. The SMILES string of the molecule is COc1cccc(-c2ccc([C@@H](O)C(F)(F)F)cc2)c1.COc1cccc(B(O)O)c1.O[C@H](c1ccc(Br)cc1)C(F)(F)F. The van der Waals surface area contributed by atoms with Crippen LogP contribution in [0.25, 0.3) is 11.1 Å². The zero-order valence-electron chi connectivity index (χ0n) is 23.2. The molecule has 4 aromatic rings. The number of hydrogen-bond acceptors (Lipinski definition) is 6. The molecule has 4 rings (SSSR count). The maximum atomic E-state index is 12.4. The monoisotopic (exact) mass is 688 g/mol. The predicted octanol–water partition coefficient (Wildman–Crippen LogP) is 6.38. The molecule has 0 fully saturated rings. The Morgan fingerprint density at radius 1 is 0.614 bits per heavy atom. The van der Waals surface area contributed by atoms with Crippen molar-refractivity contribution in [1.29, 1.82) is 0 Å². The largest absolute Gasteiger partial charge is 0.497 e. The van der Waals surface area contributed by atoms with Crippen LogP contribution in [-0.2, 0) is 0 Å². The lowest BCUT2D eigenvalue weighted by molar-refractivity contribution is -0.207. The Morgan fingerprint density at radius 2 is 1.05 bits per heavy atom. The Bertz CT molecular complexity index is 1430. The molecular weight excluding hydrogens is 661 g/mol. The summed E-state index contributed by atoms with van der Waals surface area (Å²) >= 11 is 3.08. The highest BCUT2D eigenvalue weighted by atomic mass is 79.9. The molecule has 0 aromatic heterocycles. The first kappa shape index (κ1) is 36.6. The van der Waals surface area contributed by atoms with Gasteiger partial charge >= 0.3 is 19.5 Å². The summed E-state index contributed by atoms with van der Waals surface area (Å²) in [5.41, 5.74) is 1.68. The highest BCUT2D eigenvalue weighted by Crippen LogP contribution is 2.34. The second-order valence-corrected chi connectivity index (χ2v) is 9.86. The van der Waals surface area contributed by atoms with Crippen molar-refractivity contribution in [3.8, 4) is 22.6 Å². The molecule has 0 amide bonds. The van der Waals surface area contributed by atoms with Crippen LogP contribution in [0.1, 0.15) is 23.3 Å². The molecule has 0 aliphatic heterocycles. The van der Waals surface area contributed by atoms with Gasteiger partial charge < -0.3 is 29.7 Å². The number of halogens is 7. The topological polar surface area (TPSA) is 99.4 Å². The van der Waals surface area contributed by atoms with Crippen LogP contribution >= 0.6 is 15.9 Å². The van der Waals surface area contributed by atoms with Crippen LogP contribution < -0.4 is 14.9 Å². The van der Waals surface area contributed by atoms with Crippen molar-refractivity contribution in [2.75, 3.05) is 14.2 Å². The zero-order chi connectivity index (χ0) is 33.1. The van der Waals surface area contributed by atoms with Crippen LogP contribution in [0.2, 0.25) is 0 Å². The third-order valence-electron chi connectivity index (χ3n) is 5.83. The van der Waals surface area contributed by atoms with Crippen molar-refractivity contribution in [3.63, 3.8) is 0 Å². The third kappa shape index (κ3) is 11.5. The van der Waals surface area contributed by atoms with E-state index in [-0.39, 0.29) is 11.1 Å². The van der Waals surface area contributed by atoms with Crippen LogP contribution in [0.3, 0.4) is 0 Å². The Labute approximate surface area is 258 Å². The molecular formula is C30H28BBrF6O6. The molecule has 0 aliphatic rings. The summed E-state index contributed by atoms with van der Waals surface area (Å²) in [5.74, 6) is 1.29. The molecule has 0 heterocycles. The smallest absolute Gasteiger partial charge is 0.488 e. The quantitative estimate of drug-likeness (QED) is 0.139. The maximum absolute atomic E-state index is 12.4. The van der Waals surface area contributed by atoms with E-state index in [0.29, 0.717) is 21.4 Å². The summed E-state index contributed by atoms with van der Waals surface area (Å²) in [5, 5.41) is 35.5. The van der Waals surface area contributed by atoms with Gasteiger partial charge in [-0.3, -0.25) is 0 Å². The number of aliphatic hydroxyl groups excluding tert-OH is 2. The molecule has 6 nitrogen and oxygen atoms in total. The number of methoxy groups -OCH3 is 2. The minimum atomic E-state index is -4.66. The molecule has 0 unspecified atom stereocenters. The number of hydrogen-bond donors (Lipinski definition) is 4. The summed E-state index contributed by atoms with van der Waals surface area (Å²) in [4.78, 5) is 0. The fourth-order valence-electron chi connectivity index (χ4n) is 3.49. The van der Waals surface area contributed by atoms with Gasteiger partial charge in [-0.1, -0.05) is 76.6 Å². The molecule has 44 heavy (non-hydrogen) atoms. The molecule has 0 bridgehead atoms. The van der Waals surface area contributed by atoms with E-state index in [1.165, 1.54) is 43.5 Å². The molecule has 0 aliphatic carbocycles. The van der Waals surface area contributed by atoms with Crippen molar-refractivity contribution < 1.29 is 56.1 Å². The van der Waals surface area contributed by atoms with Crippen molar-refractivity contribution in [1.82, 2.24) is 0 Å². The summed E-state index contributed by atoms with van der Waals surface area (Å²) in [6, 6.07) is 24.8. The van der Waals surface area contributed by atoms with Crippen LogP contribution in [0.5, 0.6) is 11.5 Å².